The summed E-state index contributed by atoms with van der Waals surface area (Å²) in [6.07, 6.45) is 7.23. The highest BCUT2D eigenvalue weighted by atomic mass is 16.2. The smallest absolute Gasteiger partial charge is 0.254 e. The van der Waals surface area contributed by atoms with Crippen molar-refractivity contribution in [3.8, 4) is 0 Å². The van der Waals surface area contributed by atoms with Crippen molar-refractivity contribution in [2.75, 3.05) is 19.6 Å². The largest absolute Gasteiger partial charge is 0.342 e. The van der Waals surface area contributed by atoms with Crippen LogP contribution in [0.4, 0.5) is 0 Å². The first kappa shape index (κ1) is 19.0. The fourth-order valence-electron chi connectivity index (χ4n) is 4.44. The Morgan fingerprint density at radius 2 is 2.03 bits per heavy atom. The second-order valence-corrected chi connectivity index (χ2v) is 8.50. The van der Waals surface area contributed by atoms with Gasteiger partial charge in [-0.1, -0.05) is 0 Å². The zero-order valence-electron chi connectivity index (χ0n) is 16.9. The summed E-state index contributed by atoms with van der Waals surface area (Å²) in [7, 11) is 0. The van der Waals surface area contributed by atoms with E-state index in [1.165, 1.54) is 0 Å². The number of likely N-dealkylation sites (tertiary alicyclic amines) is 1. The number of rotatable bonds is 5. The Kier molecular flexibility index (Phi) is 4.88. The summed E-state index contributed by atoms with van der Waals surface area (Å²) in [6.45, 7) is 2.79. The average Bonchev–Trinajstić information content (AvgIpc) is 3.25. The lowest BCUT2D eigenvalue weighted by atomic mass is 10.0. The summed E-state index contributed by atoms with van der Waals surface area (Å²) in [5, 5.41) is 4.13. The lowest BCUT2D eigenvalue weighted by Crippen LogP contribution is -2.40. The van der Waals surface area contributed by atoms with Crippen LogP contribution in [0.5, 0.6) is 0 Å². The Morgan fingerprint density at radius 1 is 1.17 bits per heavy atom. The van der Waals surface area contributed by atoms with Crippen LogP contribution in [-0.2, 0) is 29.1 Å². The van der Waals surface area contributed by atoms with E-state index in [2.05, 4.69) is 10.1 Å². The third kappa shape index (κ3) is 3.76. The molecule has 158 valence electrons. The van der Waals surface area contributed by atoms with Gasteiger partial charge in [-0.15, -0.1) is 0 Å². The number of aromatic amines is 1. The van der Waals surface area contributed by atoms with Gasteiger partial charge in [-0.05, 0) is 31.7 Å². The van der Waals surface area contributed by atoms with Crippen LogP contribution in [-0.4, -0.2) is 61.0 Å². The molecule has 0 radical (unpaired) electrons. The number of aromatic nitrogens is 4. The molecule has 0 bridgehead atoms. The van der Waals surface area contributed by atoms with Gasteiger partial charge in [0.2, 0.25) is 11.8 Å². The van der Waals surface area contributed by atoms with Crippen molar-refractivity contribution < 1.29 is 9.59 Å². The highest BCUT2D eigenvalue weighted by Gasteiger charge is 2.36. The maximum Gasteiger partial charge on any atom is 0.254 e. The number of hydrogen-bond acceptors (Lipinski definition) is 5. The first-order valence-electron chi connectivity index (χ1n) is 10.7. The fraction of sp³-hybridized carbons (Fsp3) is 0.571. The molecule has 1 saturated carbocycles. The molecular weight excluding hydrogens is 384 g/mol. The SMILES string of the molecule is O=C(CCn1cccn1)N1CC[C@@H](c2nc3c(c(=O)[nH]2)CCN(C(=O)C2CC2)C3)C1. The first-order valence-corrected chi connectivity index (χ1v) is 10.7. The number of aryl methyl sites for hydroxylation is 1. The van der Waals surface area contributed by atoms with Gasteiger partial charge in [-0.25, -0.2) is 4.98 Å². The van der Waals surface area contributed by atoms with Crippen LogP contribution in [0.2, 0.25) is 0 Å². The molecule has 30 heavy (non-hydrogen) atoms. The minimum absolute atomic E-state index is 0.0196. The second-order valence-electron chi connectivity index (χ2n) is 8.50. The van der Waals surface area contributed by atoms with Gasteiger partial charge in [0.25, 0.3) is 5.56 Å². The van der Waals surface area contributed by atoms with E-state index in [0.717, 1.165) is 25.0 Å². The van der Waals surface area contributed by atoms with Gasteiger partial charge >= 0.3 is 0 Å². The molecule has 1 saturated heterocycles. The summed E-state index contributed by atoms with van der Waals surface area (Å²) in [4.78, 5) is 49.0. The average molecular weight is 410 g/mol. The number of nitrogens with zero attached hydrogens (tertiary/aromatic N) is 5. The summed E-state index contributed by atoms with van der Waals surface area (Å²) in [5.41, 5.74) is 1.32. The molecule has 0 spiro atoms. The molecule has 2 aliphatic heterocycles. The van der Waals surface area contributed by atoms with E-state index >= 15 is 0 Å². The van der Waals surface area contributed by atoms with Gasteiger partial charge in [0.05, 0.1) is 12.2 Å². The predicted molar refractivity (Wildman–Crippen MR) is 107 cm³/mol. The standard InChI is InChI=1S/C21H26N6O3/c28-18(6-11-27-8-1-7-22-27)25-9-4-15(12-25)19-23-17-13-26(21(30)14-2-3-14)10-5-16(17)20(29)24-19/h1,7-8,14-15H,2-6,9-13H2,(H,23,24,29)/t15-/m1/s1. The quantitative estimate of drug-likeness (QED) is 0.780. The van der Waals surface area contributed by atoms with Gasteiger partial charge in [0, 0.05) is 62.4 Å². The van der Waals surface area contributed by atoms with Crippen molar-refractivity contribution in [2.24, 2.45) is 5.92 Å². The molecular formula is C21H26N6O3. The molecule has 0 unspecified atom stereocenters. The van der Waals surface area contributed by atoms with E-state index in [1.807, 2.05) is 22.1 Å². The van der Waals surface area contributed by atoms with Gasteiger partial charge in [0.1, 0.15) is 5.82 Å². The van der Waals surface area contributed by atoms with Crippen molar-refractivity contribution in [3.05, 3.63) is 45.9 Å². The molecule has 0 aromatic carbocycles. The summed E-state index contributed by atoms with van der Waals surface area (Å²) < 4.78 is 1.75. The van der Waals surface area contributed by atoms with Crippen molar-refractivity contribution >= 4 is 11.8 Å². The fourth-order valence-corrected chi connectivity index (χ4v) is 4.44. The molecule has 2 aromatic heterocycles. The van der Waals surface area contributed by atoms with Crippen LogP contribution in [0.1, 0.15) is 48.7 Å². The highest BCUT2D eigenvalue weighted by Crippen LogP contribution is 2.32. The van der Waals surface area contributed by atoms with E-state index in [-0.39, 0.29) is 29.2 Å². The zero-order valence-corrected chi connectivity index (χ0v) is 16.9. The normalized spacial score (nSPS) is 21.0. The molecule has 2 fully saturated rings. The number of amides is 2. The Balaban J connectivity index is 1.25. The summed E-state index contributed by atoms with van der Waals surface area (Å²) in [5.74, 6) is 1.12. The van der Waals surface area contributed by atoms with Gasteiger partial charge in [-0.3, -0.25) is 19.1 Å². The molecule has 9 heteroatoms. The molecule has 9 nitrogen and oxygen atoms in total. The van der Waals surface area contributed by atoms with E-state index in [9.17, 15) is 14.4 Å². The Hall–Kier alpha value is -2.97. The Morgan fingerprint density at radius 3 is 2.80 bits per heavy atom. The maximum atomic E-state index is 12.6. The van der Waals surface area contributed by atoms with Gasteiger partial charge in [-0.2, -0.15) is 5.10 Å². The van der Waals surface area contributed by atoms with E-state index in [4.69, 9.17) is 4.98 Å². The van der Waals surface area contributed by atoms with E-state index < -0.39 is 0 Å². The van der Waals surface area contributed by atoms with E-state index in [0.29, 0.717) is 57.0 Å². The van der Waals surface area contributed by atoms with Crippen molar-refractivity contribution in [3.63, 3.8) is 0 Å². The zero-order chi connectivity index (χ0) is 20.7. The minimum Gasteiger partial charge on any atom is -0.342 e. The number of hydrogen-bond donors (Lipinski definition) is 1. The van der Waals surface area contributed by atoms with Crippen LogP contribution >= 0.6 is 0 Å². The number of fused-ring (bicyclic) bond motifs is 1. The maximum absolute atomic E-state index is 12.6. The molecule has 2 amide bonds. The van der Waals surface area contributed by atoms with Crippen LogP contribution in [0.25, 0.3) is 0 Å². The molecule has 1 N–H and O–H groups in total. The van der Waals surface area contributed by atoms with Crippen LogP contribution in [0, 0.1) is 5.92 Å². The topological polar surface area (TPSA) is 104 Å². The number of nitrogens with one attached hydrogen (secondary N) is 1. The number of carbonyl (C=O) groups is 2. The van der Waals surface area contributed by atoms with Crippen molar-refractivity contribution in [2.45, 2.75) is 51.1 Å². The monoisotopic (exact) mass is 410 g/mol. The molecule has 1 aliphatic carbocycles. The third-order valence-electron chi connectivity index (χ3n) is 6.37. The summed E-state index contributed by atoms with van der Waals surface area (Å²) in [6, 6.07) is 1.84. The highest BCUT2D eigenvalue weighted by molar-refractivity contribution is 5.81. The van der Waals surface area contributed by atoms with Crippen molar-refractivity contribution in [1.29, 1.82) is 0 Å². The van der Waals surface area contributed by atoms with Gasteiger partial charge in [0.15, 0.2) is 0 Å². The Bertz CT molecular complexity index is 1010. The van der Waals surface area contributed by atoms with E-state index in [1.54, 1.807) is 10.9 Å². The lowest BCUT2D eigenvalue weighted by molar-refractivity contribution is -0.133. The van der Waals surface area contributed by atoms with Crippen LogP contribution in [0.3, 0.4) is 0 Å². The lowest BCUT2D eigenvalue weighted by Gasteiger charge is -2.28. The third-order valence-corrected chi connectivity index (χ3v) is 6.37. The number of carbonyl (C=O) groups excluding carboxylic acids is 2. The predicted octanol–water partition coefficient (Wildman–Crippen LogP) is 0.667. The molecule has 1 atom stereocenters. The van der Waals surface area contributed by atoms with Gasteiger partial charge < -0.3 is 14.8 Å². The van der Waals surface area contributed by atoms with Crippen LogP contribution < -0.4 is 5.56 Å². The van der Waals surface area contributed by atoms with Crippen LogP contribution in [0.15, 0.2) is 23.3 Å². The molecule has 5 rings (SSSR count). The Labute approximate surface area is 174 Å². The summed E-state index contributed by atoms with van der Waals surface area (Å²) >= 11 is 0. The molecule has 2 aromatic rings. The molecule has 4 heterocycles. The second kappa shape index (κ2) is 7.70. The molecule has 3 aliphatic rings. The number of H-pyrrole nitrogens is 1. The van der Waals surface area contributed by atoms with Crippen molar-refractivity contribution in [1.82, 2.24) is 29.5 Å². The minimum atomic E-state index is -0.100. The first-order chi connectivity index (χ1) is 14.6.